The zero-order valence-electron chi connectivity index (χ0n) is 10.6. The molecule has 110 valence electrons. The standard InChI is InChI=1S/C12H15NO7/c1-6-9(14)10(15)11(16)12(19-6)20-8-5-3-2-4-7(8)13(17)18/h2-6,9-12,14-16H,1H3/t6-,9+,10-,11+,12+/m0/s1. The van der Waals surface area contributed by atoms with E-state index in [9.17, 15) is 25.4 Å². The third-order valence-corrected chi connectivity index (χ3v) is 3.11. The molecule has 0 unspecified atom stereocenters. The van der Waals surface area contributed by atoms with E-state index in [4.69, 9.17) is 9.47 Å². The van der Waals surface area contributed by atoms with Gasteiger partial charge in [-0.1, -0.05) is 12.1 Å². The highest BCUT2D eigenvalue weighted by molar-refractivity contribution is 5.45. The van der Waals surface area contributed by atoms with Crippen LogP contribution >= 0.6 is 0 Å². The molecule has 1 heterocycles. The smallest absolute Gasteiger partial charge is 0.311 e. The lowest BCUT2D eigenvalue weighted by Crippen LogP contribution is -2.58. The Bertz CT molecular complexity index is 494. The van der Waals surface area contributed by atoms with Gasteiger partial charge < -0.3 is 24.8 Å². The predicted molar refractivity (Wildman–Crippen MR) is 66.1 cm³/mol. The molecule has 0 aromatic heterocycles. The van der Waals surface area contributed by atoms with Gasteiger partial charge >= 0.3 is 5.69 Å². The monoisotopic (exact) mass is 285 g/mol. The summed E-state index contributed by atoms with van der Waals surface area (Å²) in [5.74, 6) is -0.0858. The van der Waals surface area contributed by atoms with E-state index in [1.54, 1.807) is 0 Å². The van der Waals surface area contributed by atoms with E-state index in [0.29, 0.717) is 0 Å². The zero-order valence-corrected chi connectivity index (χ0v) is 10.6. The highest BCUT2D eigenvalue weighted by Gasteiger charge is 2.43. The van der Waals surface area contributed by atoms with E-state index in [1.165, 1.54) is 31.2 Å². The molecule has 5 atom stereocenters. The van der Waals surface area contributed by atoms with Crippen molar-refractivity contribution in [1.82, 2.24) is 0 Å². The number of ether oxygens (including phenoxy) is 2. The van der Waals surface area contributed by atoms with Gasteiger partial charge in [-0.25, -0.2) is 0 Å². The predicted octanol–water partition coefficient (Wildman–Crippen LogP) is -0.199. The van der Waals surface area contributed by atoms with Gasteiger partial charge in [-0.15, -0.1) is 0 Å². The molecule has 0 radical (unpaired) electrons. The largest absolute Gasteiger partial charge is 0.455 e. The number of para-hydroxylation sites is 2. The van der Waals surface area contributed by atoms with E-state index >= 15 is 0 Å². The molecule has 8 nitrogen and oxygen atoms in total. The highest BCUT2D eigenvalue weighted by Crippen LogP contribution is 2.30. The maximum atomic E-state index is 10.9. The number of nitrogens with zero attached hydrogens (tertiary/aromatic N) is 1. The van der Waals surface area contributed by atoms with Gasteiger partial charge in [0, 0.05) is 6.07 Å². The number of nitro groups is 1. The summed E-state index contributed by atoms with van der Waals surface area (Å²) in [5.41, 5.74) is -0.281. The fourth-order valence-corrected chi connectivity index (χ4v) is 1.94. The number of hydrogen-bond donors (Lipinski definition) is 3. The molecule has 1 fully saturated rings. The molecule has 1 aliphatic rings. The molecule has 8 heteroatoms. The van der Waals surface area contributed by atoms with E-state index in [1.807, 2.05) is 0 Å². The SMILES string of the molecule is C[C@@H]1O[C@H](Oc2ccccc2[N+](=O)[O-])[C@H](O)[C@@H](O)[C@@H]1O. The van der Waals surface area contributed by atoms with Gasteiger partial charge in [-0.3, -0.25) is 10.1 Å². The molecule has 0 spiro atoms. The van der Waals surface area contributed by atoms with Crippen LogP contribution in [0.15, 0.2) is 24.3 Å². The normalized spacial score (nSPS) is 33.7. The van der Waals surface area contributed by atoms with Crippen LogP contribution in [0.1, 0.15) is 6.92 Å². The molecule has 0 bridgehead atoms. The molecular weight excluding hydrogens is 270 g/mol. The van der Waals surface area contributed by atoms with Crippen molar-refractivity contribution in [1.29, 1.82) is 0 Å². The van der Waals surface area contributed by atoms with E-state index in [2.05, 4.69) is 0 Å². The van der Waals surface area contributed by atoms with Crippen LogP contribution in [0.25, 0.3) is 0 Å². The van der Waals surface area contributed by atoms with Crippen LogP contribution in [-0.4, -0.2) is 50.9 Å². The molecule has 0 saturated carbocycles. The first-order valence-electron chi connectivity index (χ1n) is 6.01. The van der Waals surface area contributed by atoms with Gasteiger partial charge in [-0.2, -0.15) is 0 Å². The second kappa shape index (κ2) is 5.71. The third-order valence-electron chi connectivity index (χ3n) is 3.11. The van der Waals surface area contributed by atoms with Crippen LogP contribution in [0.2, 0.25) is 0 Å². The maximum absolute atomic E-state index is 10.9. The number of aliphatic hydroxyl groups excluding tert-OH is 3. The van der Waals surface area contributed by atoms with Gasteiger partial charge in [-0.05, 0) is 13.0 Å². The minimum atomic E-state index is -1.51. The van der Waals surface area contributed by atoms with Crippen LogP contribution in [0.3, 0.4) is 0 Å². The van der Waals surface area contributed by atoms with Gasteiger partial charge in [0.1, 0.15) is 18.3 Å². The number of rotatable bonds is 3. The summed E-state index contributed by atoms with van der Waals surface area (Å²) in [5, 5.41) is 39.8. The van der Waals surface area contributed by atoms with E-state index < -0.39 is 35.6 Å². The quantitative estimate of drug-likeness (QED) is 0.519. The number of benzene rings is 1. The van der Waals surface area contributed by atoms with Crippen LogP contribution in [0.4, 0.5) is 5.69 Å². The summed E-state index contributed by atoms with van der Waals surface area (Å²) in [6, 6.07) is 5.62. The summed E-state index contributed by atoms with van der Waals surface area (Å²) in [7, 11) is 0. The van der Waals surface area contributed by atoms with Crippen LogP contribution in [-0.2, 0) is 4.74 Å². The maximum Gasteiger partial charge on any atom is 0.311 e. The lowest BCUT2D eigenvalue weighted by molar-refractivity contribution is -0.387. The molecule has 1 aromatic carbocycles. The Balaban J connectivity index is 2.20. The third kappa shape index (κ3) is 2.73. The summed E-state index contributed by atoms with van der Waals surface area (Å²) >= 11 is 0. The lowest BCUT2D eigenvalue weighted by atomic mass is 10.00. The molecule has 0 amide bonds. The van der Waals surface area contributed by atoms with Gasteiger partial charge in [0.05, 0.1) is 11.0 Å². The molecule has 0 aliphatic carbocycles. The Morgan fingerprint density at radius 2 is 1.85 bits per heavy atom. The van der Waals surface area contributed by atoms with Crippen molar-refractivity contribution in [3.63, 3.8) is 0 Å². The average molecular weight is 285 g/mol. The first-order valence-corrected chi connectivity index (χ1v) is 6.01. The van der Waals surface area contributed by atoms with Crippen LogP contribution in [0, 0.1) is 10.1 Å². The van der Waals surface area contributed by atoms with Crippen molar-refractivity contribution in [2.24, 2.45) is 0 Å². The molecule has 3 N–H and O–H groups in total. The fourth-order valence-electron chi connectivity index (χ4n) is 1.94. The van der Waals surface area contributed by atoms with Gasteiger partial charge in [0.15, 0.2) is 5.75 Å². The first kappa shape index (κ1) is 14.7. The number of hydrogen-bond acceptors (Lipinski definition) is 7. The Hall–Kier alpha value is -1.74. The van der Waals surface area contributed by atoms with Crippen molar-refractivity contribution in [3.05, 3.63) is 34.4 Å². The number of nitro benzene ring substituents is 1. The Kier molecular flexibility index (Phi) is 4.19. The lowest BCUT2D eigenvalue weighted by Gasteiger charge is -2.38. The Labute approximate surface area is 114 Å². The van der Waals surface area contributed by atoms with Gasteiger partial charge in [0.25, 0.3) is 0 Å². The Morgan fingerprint density at radius 1 is 1.20 bits per heavy atom. The van der Waals surface area contributed by atoms with Crippen LogP contribution in [0.5, 0.6) is 5.75 Å². The van der Waals surface area contributed by atoms with Crippen molar-refractivity contribution < 1.29 is 29.7 Å². The van der Waals surface area contributed by atoms with E-state index in [0.717, 1.165) is 0 Å². The average Bonchev–Trinajstić information content (AvgIpc) is 2.43. The highest BCUT2D eigenvalue weighted by atomic mass is 16.7. The van der Waals surface area contributed by atoms with Crippen molar-refractivity contribution in [2.75, 3.05) is 0 Å². The second-order valence-corrected chi connectivity index (χ2v) is 4.52. The topological polar surface area (TPSA) is 122 Å². The minimum absolute atomic E-state index is 0.0858. The fraction of sp³-hybridized carbons (Fsp3) is 0.500. The summed E-state index contributed by atoms with van der Waals surface area (Å²) < 4.78 is 10.5. The molecule has 2 rings (SSSR count). The van der Waals surface area contributed by atoms with Gasteiger partial charge in [0.2, 0.25) is 6.29 Å². The van der Waals surface area contributed by atoms with E-state index in [-0.39, 0.29) is 11.4 Å². The first-order chi connectivity index (χ1) is 9.41. The molecule has 1 aliphatic heterocycles. The molecule has 1 aromatic rings. The molecule has 1 saturated heterocycles. The zero-order chi connectivity index (χ0) is 14.9. The number of aliphatic hydroxyl groups is 3. The minimum Gasteiger partial charge on any atom is -0.455 e. The van der Waals surface area contributed by atoms with Crippen molar-refractivity contribution in [2.45, 2.75) is 37.6 Å². The molecular formula is C12H15NO7. The van der Waals surface area contributed by atoms with Crippen molar-refractivity contribution >= 4 is 5.69 Å². The van der Waals surface area contributed by atoms with Crippen molar-refractivity contribution in [3.8, 4) is 5.75 Å². The Morgan fingerprint density at radius 3 is 2.50 bits per heavy atom. The van der Waals surface area contributed by atoms with Crippen LogP contribution < -0.4 is 4.74 Å². The second-order valence-electron chi connectivity index (χ2n) is 4.52. The summed E-state index contributed by atoms with van der Waals surface area (Å²) in [6.07, 6.45) is -6.30. The summed E-state index contributed by atoms with van der Waals surface area (Å²) in [4.78, 5) is 10.2. The molecule has 20 heavy (non-hydrogen) atoms. The summed E-state index contributed by atoms with van der Waals surface area (Å²) in [6.45, 7) is 1.50.